The van der Waals surface area contributed by atoms with Crippen LogP contribution in [0.25, 0.3) is 0 Å². The van der Waals surface area contributed by atoms with Crippen LogP contribution in [0.5, 0.6) is 23.0 Å². The zero-order chi connectivity index (χ0) is 87.8. The molecule has 4 aliphatic heterocycles. The third kappa shape index (κ3) is 37.5. The van der Waals surface area contributed by atoms with Gasteiger partial charge < -0.3 is 104 Å². The van der Waals surface area contributed by atoms with E-state index < -0.39 is 112 Å². The van der Waals surface area contributed by atoms with Crippen LogP contribution in [0.4, 0.5) is 19.2 Å². The number of likely N-dealkylation sites (tertiary alicyclic amines) is 3. The Morgan fingerprint density at radius 1 is 0.466 bits per heavy atom. The molecule has 0 bridgehead atoms. The van der Waals surface area contributed by atoms with E-state index in [2.05, 4.69) is 124 Å². The zero-order valence-corrected chi connectivity index (χ0v) is 76.1. The molecule has 0 aromatic carbocycles. The number of aliphatic hydroxyl groups is 1. The Morgan fingerprint density at radius 3 is 1.13 bits per heavy atom. The van der Waals surface area contributed by atoms with Crippen molar-refractivity contribution in [1.29, 1.82) is 0 Å². The van der Waals surface area contributed by atoms with Crippen LogP contribution < -0.4 is 54.3 Å². The molecule has 8 heterocycles. The fraction of sp³-hybridized carbons (Fsp3) is 0.592. The number of aromatic nitrogens is 4. The van der Waals surface area contributed by atoms with E-state index in [1.54, 1.807) is 124 Å². The maximum Gasteiger partial charge on any atom is 1.00 e. The summed E-state index contributed by atoms with van der Waals surface area (Å²) in [6.07, 6.45) is 11.9. The standard InChI is InChI=1S/C20H28BrN3O6.C19H26BrN3O6.C12H15BrN2O3.C12H21NO5.C8H15NO4.C5H4BrNO.Li.H2O/c1-20(2,3)16(23-19(27)29-5)17(25)24-10-12(6-15(24)18(26)28-4)11-30-14-7-13(21)8-22-9-14;1-19(2,3)15(22-18(27)28-4)16(24)23-9-11(5-14(23)17(25)26)10-29-13-6-12(20)7-21-8-13;1-17-12(16)11-2-8(4-15-11)7-18-10-3-9(13)5-14-6-10;1-12(2,3)18-11(16)13-6-8(7-14)5-9(13)10(15)17-4;1-8(2,3)5(6(10)11)9-7(12)13-4;6-4-1-5(8)3-7-2-4;;/h7-9,12,15-16H,6,10-11H2,1-5H3,(H,23,27);6-8,11,14-15H,5,9-10H2,1-4H3,(H,22,27)(H,25,26);3,5-6,8,11,15H,2,4,7H2,1H3;8-9,14H,5-7H2,1-4H3;5H,1-4H3,(H,9,12)(H,10,11);1-3,8H;;1H2/q;;;;;;+1;/p-1/t12-,15+,16-;11-,14+,15-;8-,11+;8-,9+;5-;;;/m11111.../s1. The number of methoxy groups -OCH3 is 6. The Labute approximate surface area is 732 Å². The molecule has 0 aliphatic carbocycles. The fourth-order valence-electron chi connectivity index (χ4n) is 11.6. The van der Waals surface area contributed by atoms with Gasteiger partial charge in [-0.2, -0.15) is 0 Å². The van der Waals surface area contributed by atoms with Crippen molar-refractivity contribution in [2.45, 2.75) is 157 Å². The number of carbonyl (C=O) groups excluding carboxylic acids is 9. The van der Waals surface area contributed by atoms with Crippen molar-refractivity contribution in [3.63, 3.8) is 0 Å². The number of nitrogens with zero attached hydrogens (tertiary/aromatic N) is 7. The van der Waals surface area contributed by atoms with Crippen molar-refractivity contribution in [3.8, 4) is 23.0 Å². The molecule has 0 saturated carbocycles. The summed E-state index contributed by atoms with van der Waals surface area (Å²) in [6.45, 7) is 24.0. The Morgan fingerprint density at radius 2 is 0.805 bits per heavy atom. The fourth-order valence-corrected chi connectivity index (χ4v) is 13.0. The van der Waals surface area contributed by atoms with Gasteiger partial charge in [-0.25, -0.2) is 38.4 Å². The average Bonchev–Trinajstić information content (AvgIpc) is 1.61. The molecule has 4 aliphatic rings. The maximum absolute atomic E-state index is 13.3. The smallest absolute Gasteiger partial charge is 0.870 e. The molecule has 118 heavy (non-hydrogen) atoms. The van der Waals surface area contributed by atoms with E-state index in [0.717, 1.165) is 36.6 Å². The number of esters is 3. The normalized spacial score (nSPS) is 19.2. The average molecular weight is 1920 g/mol. The minimum absolute atomic E-state index is 0. The largest absolute Gasteiger partial charge is 1.00 e. The Hall–Kier alpha value is -8.43. The van der Waals surface area contributed by atoms with Crippen molar-refractivity contribution in [2.24, 2.45) is 39.9 Å². The van der Waals surface area contributed by atoms with Crippen LogP contribution in [0.3, 0.4) is 0 Å². The Balaban J connectivity index is 0.000000735. The van der Waals surface area contributed by atoms with Gasteiger partial charge >= 0.3 is 73.1 Å². The topological polar surface area (TPSA) is 500 Å². The summed E-state index contributed by atoms with van der Waals surface area (Å²) in [7, 11) is 7.60. The number of rotatable bonds is 20. The van der Waals surface area contributed by atoms with Gasteiger partial charge in [-0.1, -0.05) is 62.3 Å². The number of aliphatic hydroxyl groups excluding tert-OH is 1. The zero-order valence-electron chi connectivity index (χ0n) is 69.7. The maximum atomic E-state index is 13.3. The monoisotopic (exact) mass is 1920 g/mol. The van der Waals surface area contributed by atoms with Gasteiger partial charge in [0.05, 0.1) is 87.3 Å². The van der Waals surface area contributed by atoms with Crippen molar-refractivity contribution in [3.05, 3.63) is 91.7 Å². The molecule has 9 N–H and O–H groups in total. The number of carboxylic acids is 2. The molecule has 654 valence electrons. The molecule has 37 nitrogen and oxygen atoms in total. The summed E-state index contributed by atoms with van der Waals surface area (Å²) in [4.78, 5) is 150. The summed E-state index contributed by atoms with van der Waals surface area (Å²) in [5.74, 6) is -2.17. The van der Waals surface area contributed by atoms with Gasteiger partial charge in [0.25, 0.3) is 0 Å². The molecule has 0 spiro atoms. The quantitative estimate of drug-likeness (QED) is 0.0283. The third-order valence-electron chi connectivity index (χ3n) is 17.4. The first-order valence-electron chi connectivity index (χ1n) is 36.3. The van der Waals surface area contributed by atoms with Gasteiger partial charge in [-0.15, -0.1) is 0 Å². The van der Waals surface area contributed by atoms with Gasteiger partial charge in [0, 0.05) is 99.1 Å². The summed E-state index contributed by atoms with van der Waals surface area (Å²) in [5, 5.41) is 46.8. The van der Waals surface area contributed by atoms with Gasteiger partial charge in [0.1, 0.15) is 70.9 Å². The molecule has 0 radical (unpaired) electrons. The number of hydrogen-bond acceptors (Lipinski definition) is 29. The molecule has 4 saturated heterocycles. The first-order valence-corrected chi connectivity index (χ1v) is 39.5. The number of amides is 6. The van der Waals surface area contributed by atoms with E-state index in [0.29, 0.717) is 56.6 Å². The van der Waals surface area contributed by atoms with Crippen molar-refractivity contribution < 1.29 is 145 Å². The van der Waals surface area contributed by atoms with Gasteiger partial charge in [-0.05, 0) is 151 Å². The van der Waals surface area contributed by atoms with Crippen LogP contribution in [-0.2, 0) is 66.7 Å². The van der Waals surface area contributed by atoms with E-state index in [9.17, 15) is 57.8 Å². The number of pyridine rings is 4. The van der Waals surface area contributed by atoms with E-state index in [-0.39, 0.29) is 91.9 Å². The van der Waals surface area contributed by atoms with Crippen LogP contribution in [0.2, 0.25) is 0 Å². The van der Waals surface area contributed by atoms with Crippen molar-refractivity contribution in [1.82, 2.24) is 55.9 Å². The van der Waals surface area contributed by atoms with Crippen molar-refractivity contribution >= 4 is 130 Å². The van der Waals surface area contributed by atoms with Crippen molar-refractivity contribution in [2.75, 3.05) is 95.3 Å². The predicted octanol–water partition coefficient (Wildman–Crippen LogP) is 6.05. The first kappa shape index (κ1) is 108. The molecule has 4 aromatic rings. The molecule has 4 fully saturated rings. The number of alkyl carbamates (subject to hydrolysis) is 3. The molecule has 4 aromatic heterocycles. The van der Waals surface area contributed by atoms with Crippen LogP contribution in [0.15, 0.2) is 91.7 Å². The SMILES string of the molecule is COC(=O)N[C@H](C(=O)N1C[C@H](COc2cncc(Br)c2)C[C@H]1C(=O)O)C(C)(C)C.COC(=O)N[C@H](C(=O)N1C[C@H](COc2cncc(Br)c2)C[C@H]1C(=O)OC)C(C)(C)C.COC(=O)N[C@H](C(=O)O)C(C)(C)C.COC(=O)[C@@H]1C[C@@H](CO)CN1C(=O)OC(C)(C)C.COC(=O)[C@@H]1C[C@@H](COc2cncc(Br)c2)CN1.Oc1cncc(Br)c1.[Li+].[OH-]. The Kier molecular flexibility index (Phi) is 46.7. The second-order valence-corrected chi connectivity index (χ2v) is 34.7. The molecule has 0 unspecified atom stereocenters. The minimum atomic E-state index is -1.09. The second kappa shape index (κ2) is 51.2. The second-order valence-electron chi connectivity index (χ2n) is 31.1. The van der Waals surface area contributed by atoms with Gasteiger partial charge in [0.15, 0.2) is 0 Å². The number of carboxylic acid groups (broad SMARTS) is 2. The van der Waals surface area contributed by atoms with Crippen LogP contribution in [0.1, 0.15) is 109 Å². The summed E-state index contributed by atoms with van der Waals surface area (Å²) in [5.41, 5.74) is -2.39. The number of aliphatic carboxylic acids is 2. The molecular weight excluding hydrogens is 1810 g/mol. The van der Waals surface area contributed by atoms with Crippen LogP contribution in [-0.4, -0.2) is 270 Å². The van der Waals surface area contributed by atoms with Crippen LogP contribution >= 0.6 is 63.7 Å². The minimum Gasteiger partial charge on any atom is -0.870 e. The molecule has 11 atom stereocenters. The number of ether oxygens (including phenoxy) is 10. The molecule has 8 rings (SSSR count). The summed E-state index contributed by atoms with van der Waals surface area (Å²) in [6, 6.07) is 1.65. The first-order chi connectivity index (χ1) is 54.1. The van der Waals surface area contributed by atoms with E-state index in [1.165, 1.54) is 63.6 Å². The number of aromatic hydroxyl groups is 1. The summed E-state index contributed by atoms with van der Waals surface area (Å²) >= 11 is 13.1. The number of carbonyl (C=O) groups is 11. The number of hydrogen-bond donors (Lipinski definition) is 8. The predicted molar refractivity (Wildman–Crippen MR) is 435 cm³/mol. The van der Waals surface area contributed by atoms with Crippen LogP contribution in [0, 0.1) is 39.9 Å². The van der Waals surface area contributed by atoms with E-state index in [1.807, 2.05) is 26.8 Å². The number of halogens is 4. The van der Waals surface area contributed by atoms with E-state index >= 15 is 0 Å². The molecule has 6 amide bonds. The van der Waals surface area contributed by atoms with E-state index in [4.69, 9.17) is 43.7 Å². The number of nitrogens with one attached hydrogen (secondary N) is 4. The third-order valence-corrected chi connectivity index (χ3v) is 19.2. The summed E-state index contributed by atoms with van der Waals surface area (Å²) < 4.78 is 53.5. The molecular formula is C76H110Br4LiN11O26. The Bertz CT molecular complexity index is 3890. The molecule has 42 heteroatoms. The van der Waals surface area contributed by atoms with Gasteiger partial charge in [-0.3, -0.25) is 39.2 Å². The van der Waals surface area contributed by atoms with Gasteiger partial charge in [0.2, 0.25) is 11.8 Å².